The molecule has 5 heteroatoms. The van der Waals surface area contributed by atoms with E-state index in [0.717, 1.165) is 0 Å². The Balaban J connectivity index is 2.14. The van der Waals surface area contributed by atoms with Crippen molar-refractivity contribution >= 4 is 10.0 Å². The van der Waals surface area contributed by atoms with Crippen LogP contribution in [0.1, 0.15) is 33.3 Å². The van der Waals surface area contributed by atoms with E-state index in [-0.39, 0.29) is 22.3 Å². The second-order valence-electron chi connectivity index (χ2n) is 6.61. The van der Waals surface area contributed by atoms with Crippen LogP contribution in [0.15, 0.2) is 29.2 Å². The maximum Gasteiger partial charge on any atom is 0.240 e. The van der Waals surface area contributed by atoms with Gasteiger partial charge in [-0.15, -0.1) is 0 Å². The first-order valence-corrected chi connectivity index (χ1v) is 8.31. The highest BCUT2D eigenvalue weighted by Gasteiger charge is 2.64. The van der Waals surface area contributed by atoms with Crippen LogP contribution in [0.25, 0.3) is 0 Å². The van der Waals surface area contributed by atoms with E-state index in [4.69, 9.17) is 0 Å². The first-order valence-electron chi connectivity index (χ1n) is 6.83. The molecule has 112 valence electrons. The number of benzene rings is 1. The average Bonchev–Trinajstić information content (AvgIpc) is 2.77. The van der Waals surface area contributed by atoms with E-state index in [1.165, 1.54) is 6.07 Å². The molecule has 1 fully saturated rings. The maximum absolute atomic E-state index is 12.3. The van der Waals surface area contributed by atoms with E-state index < -0.39 is 10.0 Å². The largest absolute Gasteiger partial charge is 0.392 e. The van der Waals surface area contributed by atoms with Gasteiger partial charge in [-0.3, -0.25) is 0 Å². The smallest absolute Gasteiger partial charge is 0.240 e. The minimum atomic E-state index is -3.57. The lowest BCUT2D eigenvalue weighted by molar-refractivity contribution is 0.278. The Morgan fingerprint density at radius 3 is 2.20 bits per heavy atom. The van der Waals surface area contributed by atoms with Gasteiger partial charge in [0.1, 0.15) is 0 Å². The Hall–Kier alpha value is -0.910. The summed E-state index contributed by atoms with van der Waals surface area (Å²) >= 11 is 0. The predicted molar refractivity (Wildman–Crippen MR) is 78.6 cm³/mol. The number of nitrogens with one attached hydrogen (secondary N) is 1. The highest BCUT2D eigenvalue weighted by molar-refractivity contribution is 7.89. The molecule has 0 saturated heterocycles. The molecule has 1 saturated carbocycles. The molecule has 0 amide bonds. The number of aliphatic hydroxyl groups excluding tert-OH is 1. The van der Waals surface area contributed by atoms with Crippen molar-refractivity contribution in [1.29, 1.82) is 0 Å². The summed E-state index contributed by atoms with van der Waals surface area (Å²) in [7, 11) is -3.57. The summed E-state index contributed by atoms with van der Waals surface area (Å²) < 4.78 is 27.4. The van der Waals surface area contributed by atoms with E-state index in [1.807, 2.05) is 0 Å². The van der Waals surface area contributed by atoms with Gasteiger partial charge in [-0.1, -0.05) is 45.9 Å². The summed E-state index contributed by atoms with van der Waals surface area (Å²) in [5, 5.41) is 9.25. The van der Waals surface area contributed by atoms with Gasteiger partial charge in [0.25, 0.3) is 0 Å². The summed E-state index contributed by atoms with van der Waals surface area (Å²) in [6.45, 7) is 8.79. The van der Waals surface area contributed by atoms with E-state index in [1.54, 1.807) is 18.2 Å². The second kappa shape index (κ2) is 4.83. The van der Waals surface area contributed by atoms with Crippen molar-refractivity contribution in [1.82, 2.24) is 4.72 Å². The average molecular weight is 297 g/mol. The predicted octanol–water partition coefficient (Wildman–Crippen LogP) is 2.14. The molecule has 20 heavy (non-hydrogen) atoms. The summed E-state index contributed by atoms with van der Waals surface area (Å²) in [5.41, 5.74) is 0.715. The summed E-state index contributed by atoms with van der Waals surface area (Å²) in [6, 6.07) is 6.53. The quantitative estimate of drug-likeness (QED) is 0.875. The molecule has 0 bridgehead atoms. The topological polar surface area (TPSA) is 66.4 Å². The molecule has 0 aliphatic heterocycles. The third kappa shape index (κ3) is 2.38. The number of hydrogen-bond acceptors (Lipinski definition) is 3. The number of sulfonamides is 1. The molecule has 0 radical (unpaired) electrons. The summed E-state index contributed by atoms with van der Waals surface area (Å²) in [6.07, 6.45) is 0. The molecular formula is C15H23NO3S. The molecule has 1 aromatic carbocycles. The molecule has 0 heterocycles. The van der Waals surface area contributed by atoms with E-state index in [2.05, 4.69) is 32.4 Å². The summed E-state index contributed by atoms with van der Waals surface area (Å²) in [4.78, 5) is 0.166. The molecule has 0 spiro atoms. The minimum Gasteiger partial charge on any atom is -0.392 e. The molecule has 4 nitrogen and oxygen atoms in total. The van der Waals surface area contributed by atoms with Crippen LogP contribution in [0.2, 0.25) is 0 Å². The molecule has 1 aliphatic carbocycles. The third-order valence-electron chi connectivity index (χ3n) is 5.23. The fraction of sp³-hybridized carbons (Fsp3) is 0.600. The van der Waals surface area contributed by atoms with Crippen molar-refractivity contribution in [3.05, 3.63) is 29.8 Å². The molecule has 2 N–H and O–H groups in total. The van der Waals surface area contributed by atoms with E-state index in [9.17, 15) is 13.5 Å². The lowest BCUT2D eigenvalue weighted by Crippen LogP contribution is -2.28. The van der Waals surface area contributed by atoms with Crippen LogP contribution in [-0.2, 0) is 16.6 Å². The summed E-state index contributed by atoms with van der Waals surface area (Å²) in [5.74, 6) is 0.325. The minimum absolute atomic E-state index is 0.145. The first-order chi connectivity index (χ1) is 9.14. The SMILES string of the molecule is CC1(C)C(CNS(=O)(=O)c2ccccc2CO)C1(C)C. The van der Waals surface area contributed by atoms with Gasteiger partial charge in [0.2, 0.25) is 10.0 Å². The number of hydrogen-bond donors (Lipinski definition) is 2. The third-order valence-corrected chi connectivity index (χ3v) is 6.75. The molecule has 1 aromatic rings. The van der Waals surface area contributed by atoms with Crippen LogP contribution in [-0.4, -0.2) is 20.1 Å². The zero-order valence-corrected chi connectivity index (χ0v) is 13.3. The standard InChI is InChI=1S/C15H23NO3S/c1-14(2)13(15(14,3)4)9-16-20(18,19)12-8-6-5-7-11(12)10-17/h5-8,13,16-17H,9-10H2,1-4H3. The lowest BCUT2D eigenvalue weighted by Gasteiger charge is -2.10. The van der Waals surface area contributed by atoms with Crippen molar-refractivity contribution in [2.75, 3.05) is 6.54 Å². The van der Waals surface area contributed by atoms with Crippen LogP contribution in [0.5, 0.6) is 0 Å². The van der Waals surface area contributed by atoms with Gasteiger partial charge in [-0.2, -0.15) is 0 Å². The molecule has 1 aliphatic rings. The molecular weight excluding hydrogens is 274 g/mol. The maximum atomic E-state index is 12.3. The molecule has 2 rings (SSSR count). The van der Waals surface area contributed by atoms with Crippen LogP contribution < -0.4 is 4.72 Å². The van der Waals surface area contributed by atoms with Crippen molar-refractivity contribution in [2.24, 2.45) is 16.7 Å². The van der Waals surface area contributed by atoms with Crippen LogP contribution in [0.3, 0.4) is 0 Å². The van der Waals surface area contributed by atoms with Crippen LogP contribution in [0.4, 0.5) is 0 Å². The Bertz CT molecular complexity index is 591. The van der Waals surface area contributed by atoms with Gasteiger partial charge in [0, 0.05) is 6.54 Å². The van der Waals surface area contributed by atoms with Crippen molar-refractivity contribution in [2.45, 2.75) is 39.2 Å². The Kier molecular flexibility index (Phi) is 3.73. The zero-order chi connectivity index (χ0) is 15.2. The Labute approximate surface area is 121 Å². The number of aliphatic hydroxyl groups is 1. The fourth-order valence-corrected chi connectivity index (χ4v) is 4.29. The van der Waals surface area contributed by atoms with Gasteiger partial charge < -0.3 is 5.11 Å². The Morgan fingerprint density at radius 2 is 1.70 bits per heavy atom. The van der Waals surface area contributed by atoms with E-state index >= 15 is 0 Å². The van der Waals surface area contributed by atoms with Gasteiger partial charge >= 0.3 is 0 Å². The van der Waals surface area contributed by atoms with Gasteiger partial charge in [-0.05, 0) is 28.4 Å². The van der Waals surface area contributed by atoms with Crippen molar-refractivity contribution < 1.29 is 13.5 Å². The van der Waals surface area contributed by atoms with Gasteiger partial charge in [0.05, 0.1) is 11.5 Å². The number of rotatable bonds is 5. The van der Waals surface area contributed by atoms with Crippen molar-refractivity contribution in [3.8, 4) is 0 Å². The molecule has 0 unspecified atom stereocenters. The monoisotopic (exact) mass is 297 g/mol. The molecule has 0 aromatic heterocycles. The zero-order valence-electron chi connectivity index (χ0n) is 12.5. The Morgan fingerprint density at radius 1 is 1.15 bits per heavy atom. The van der Waals surface area contributed by atoms with Crippen LogP contribution >= 0.6 is 0 Å². The van der Waals surface area contributed by atoms with Gasteiger partial charge in [-0.25, -0.2) is 13.1 Å². The first kappa shape index (κ1) is 15.5. The normalized spacial score (nSPS) is 20.9. The van der Waals surface area contributed by atoms with Crippen molar-refractivity contribution in [3.63, 3.8) is 0 Å². The highest BCUT2D eigenvalue weighted by atomic mass is 32.2. The fourth-order valence-electron chi connectivity index (χ4n) is 3.01. The lowest BCUT2D eigenvalue weighted by atomic mass is 10.0. The van der Waals surface area contributed by atoms with E-state index in [0.29, 0.717) is 18.0 Å². The van der Waals surface area contributed by atoms with Gasteiger partial charge in [0.15, 0.2) is 0 Å². The van der Waals surface area contributed by atoms with Crippen LogP contribution in [0, 0.1) is 16.7 Å². The second-order valence-corrected chi connectivity index (χ2v) is 8.35. The molecule has 0 atom stereocenters. The highest BCUT2D eigenvalue weighted by Crippen LogP contribution is 2.67.